The van der Waals surface area contributed by atoms with Gasteiger partial charge in [-0.1, -0.05) is 12.1 Å². The molecule has 30 heavy (non-hydrogen) atoms. The summed E-state index contributed by atoms with van der Waals surface area (Å²) in [7, 11) is 2.14. The fourth-order valence-corrected chi connectivity index (χ4v) is 4.10. The zero-order valence-corrected chi connectivity index (χ0v) is 17.6. The van der Waals surface area contributed by atoms with Crippen LogP contribution in [0.1, 0.15) is 37.4 Å². The lowest BCUT2D eigenvalue weighted by molar-refractivity contribution is 0.0670. The number of piperazine rings is 1. The van der Waals surface area contributed by atoms with Crippen molar-refractivity contribution in [3.63, 3.8) is 0 Å². The van der Waals surface area contributed by atoms with Crippen molar-refractivity contribution in [3.05, 3.63) is 50.8 Å². The van der Waals surface area contributed by atoms with Crippen molar-refractivity contribution in [2.75, 3.05) is 56.7 Å². The van der Waals surface area contributed by atoms with Crippen LogP contribution in [-0.4, -0.2) is 65.9 Å². The minimum atomic E-state index is -0.522. The van der Waals surface area contributed by atoms with Crippen molar-refractivity contribution < 1.29 is 4.74 Å². The number of H-pyrrole nitrogens is 1. The number of rotatable bonds is 5. The number of likely N-dealkylation sites (N-methyl/N-ethyl adjacent to an activating group) is 1. The molecular weight excluding hydrogens is 384 g/mol. The SMILES string of the molecule is C[C@H](Nc1nc(=O)n(C2CCOCC2)c(=O)[nH]1)c1cccc(N2CCN(C)CC2)c1. The Hall–Kier alpha value is -2.65. The Morgan fingerprint density at radius 1 is 1.17 bits per heavy atom. The molecule has 2 fully saturated rings. The highest BCUT2D eigenvalue weighted by Gasteiger charge is 2.21. The highest BCUT2D eigenvalue weighted by Crippen LogP contribution is 2.23. The van der Waals surface area contributed by atoms with Crippen LogP contribution in [0, 0.1) is 0 Å². The summed E-state index contributed by atoms with van der Waals surface area (Å²) < 4.78 is 6.53. The van der Waals surface area contributed by atoms with Crippen molar-refractivity contribution >= 4 is 11.6 Å². The fourth-order valence-electron chi connectivity index (χ4n) is 4.10. The molecule has 9 heteroatoms. The number of aromatic amines is 1. The van der Waals surface area contributed by atoms with Gasteiger partial charge in [0, 0.05) is 51.1 Å². The summed E-state index contributed by atoms with van der Waals surface area (Å²) in [6, 6.07) is 8.09. The minimum Gasteiger partial charge on any atom is -0.381 e. The summed E-state index contributed by atoms with van der Waals surface area (Å²) >= 11 is 0. The van der Waals surface area contributed by atoms with Crippen LogP contribution >= 0.6 is 0 Å². The van der Waals surface area contributed by atoms with Gasteiger partial charge in [-0.05, 0) is 44.5 Å². The fraction of sp³-hybridized carbons (Fsp3) is 0.571. The van der Waals surface area contributed by atoms with Crippen LogP contribution in [-0.2, 0) is 4.74 Å². The van der Waals surface area contributed by atoms with Gasteiger partial charge in [-0.3, -0.25) is 4.98 Å². The first-order chi connectivity index (χ1) is 14.5. The maximum atomic E-state index is 12.5. The molecule has 2 aromatic rings. The van der Waals surface area contributed by atoms with E-state index < -0.39 is 11.4 Å². The van der Waals surface area contributed by atoms with Crippen LogP contribution in [0.25, 0.3) is 0 Å². The maximum Gasteiger partial charge on any atom is 0.355 e. The lowest BCUT2D eigenvalue weighted by atomic mass is 10.1. The molecule has 0 bridgehead atoms. The van der Waals surface area contributed by atoms with E-state index in [4.69, 9.17) is 4.74 Å². The summed E-state index contributed by atoms with van der Waals surface area (Å²) in [6.07, 6.45) is 1.29. The molecule has 1 aromatic heterocycles. The molecule has 2 saturated heterocycles. The first-order valence-corrected chi connectivity index (χ1v) is 10.6. The lowest BCUT2D eigenvalue weighted by Gasteiger charge is -2.34. The van der Waals surface area contributed by atoms with E-state index in [-0.39, 0.29) is 18.0 Å². The average Bonchev–Trinajstić information content (AvgIpc) is 2.74. The molecule has 2 aliphatic rings. The number of aromatic nitrogens is 3. The zero-order chi connectivity index (χ0) is 21.1. The molecule has 1 aromatic carbocycles. The van der Waals surface area contributed by atoms with Crippen molar-refractivity contribution in [2.45, 2.75) is 31.8 Å². The first kappa shape index (κ1) is 20.6. The molecule has 0 aliphatic carbocycles. The highest BCUT2D eigenvalue weighted by atomic mass is 16.5. The van der Waals surface area contributed by atoms with E-state index in [2.05, 4.69) is 44.3 Å². The Kier molecular flexibility index (Phi) is 6.19. The molecule has 0 amide bonds. The molecule has 0 saturated carbocycles. The number of hydrogen-bond donors (Lipinski definition) is 2. The summed E-state index contributed by atoms with van der Waals surface area (Å²) in [6.45, 7) is 7.20. The van der Waals surface area contributed by atoms with Gasteiger partial charge in [-0.25, -0.2) is 14.2 Å². The van der Waals surface area contributed by atoms with Crippen LogP contribution in [0.5, 0.6) is 0 Å². The monoisotopic (exact) mass is 414 g/mol. The Balaban J connectivity index is 1.49. The molecule has 0 spiro atoms. The Morgan fingerprint density at radius 3 is 2.60 bits per heavy atom. The molecule has 2 aliphatic heterocycles. The largest absolute Gasteiger partial charge is 0.381 e. The van der Waals surface area contributed by atoms with E-state index in [0.717, 1.165) is 31.7 Å². The van der Waals surface area contributed by atoms with Gasteiger partial charge in [0.15, 0.2) is 0 Å². The van der Waals surface area contributed by atoms with Gasteiger partial charge in [0.05, 0.1) is 6.04 Å². The average molecular weight is 415 g/mol. The molecule has 0 unspecified atom stereocenters. The summed E-state index contributed by atoms with van der Waals surface area (Å²) in [5.41, 5.74) is 1.31. The molecule has 0 radical (unpaired) electrons. The van der Waals surface area contributed by atoms with Crippen LogP contribution in [0.3, 0.4) is 0 Å². The third kappa shape index (κ3) is 4.57. The van der Waals surface area contributed by atoms with Crippen LogP contribution in [0.4, 0.5) is 11.6 Å². The molecule has 1 atom stereocenters. The second kappa shape index (κ2) is 9.01. The van der Waals surface area contributed by atoms with Crippen molar-refractivity contribution in [1.82, 2.24) is 19.4 Å². The number of benzene rings is 1. The standard InChI is InChI=1S/C21H30N6O3/c1-15(16-4-3-5-18(14-16)26-10-8-25(2)9-11-26)22-19-23-20(28)27(21(29)24-19)17-6-12-30-13-7-17/h3-5,14-15,17H,6-13H2,1-2H3,(H2,22,23,24,28,29)/t15-/m0/s1. The van der Waals surface area contributed by atoms with E-state index >= 15 is 0 Å². The number of ether oxygens (including phenoxy) is 1. The molecule has 9 nitrogen and oxygen atoms in total. The van der Waals surface area contributed by atoms with Crippen molar-refractivity contribution in [2.24, 2.45) is 0 Å². The third-order valence-corrected chi connectivity index (χ3v) is 6.01. The first-order valence-electron chi connectivity index (χ1n) is 10.6. The molecule has 162 valence electrons. The normalized spacial score (nSPS) is 19.6. The topological polar surface area (TPSA) is 95.5 Å². The van der Waals surface area contributed by atoms with Crippen LogP contribution in [0.2, 0.25) is 0 Å². The highest BCUT2D eigenvalue weighted by molar-refractivity contribution is 5.50. The minimum absolute atomic E-state index is 0.112. The quantitative estimate of drug-likeness (QED) is 0.759. The van der Waals surface area contributed by atoms with Crippen molar-refractivity contribution in [1.29, 1.82) is 0 Å². The second-order valence-electron chi connectivity index (χ2n) is 8.14. The Bertz CT molecular complexity index is 942. The van der Waals surface area contributed by atoms with Gasteiger partial charge >= 0.3 is 11.4 Å². The van der Waals surface area contributed by atoms with Gasteiger partial charge in [0.2, 0.25) is 5.95 Å². The number of nitrogens with zero attached hydrogens (tertiary/aromatic N) is 4. The summed E-state index contributed by atoms with van der Waals surface area (Å²) in [5, 5.41) is 3.18. The van der Waals surface area contributed by atoms with E-state index in [0.29, 0.717) is 26.1 Å². The summed E-state index contributed by atoms with van der Waals surface area (Å²) in [4.78, 5) is 36.6. The smallest absolute Gasteiger partial charge is 0.355 e. The molecular formula is C21H30N6O3. The van der Waals surface area contributed by atoms with Gasteiger partial charge in [-0.15, -0.1) is 0 Å². The molecule has 3 heterocycles. The van der Waals surface area contributed by atoms with Gasteiger partial charge in [0.25, 0.3) is 0 Å². The zero-order valence-electron chi connectivity index (χ0n) is 17.6. The van der Waals surface area contributed by atoms with Gasteiger partial charge in [0.1, 0.15) is 0 Å². The number of nitrogens with one attached hydrogen (secondary N) is 2. The predicted octanol–water partition coefficient (Wildman–Crippen LogP) is 1.21. The summed E-state index contributed by atoms with van der Waals surface area (Å²) in [5.74, 6) is 0.200. The lowest BCUT2D eigenvalue weighted by Crippen LogP contribution is -2.44. The van der Waals surface area contributed by atoms with E-state index in [1.165, 1.54) is 10.3 Å². The Morgan fingerprint density at radius 2 is 1.90 bits per heavy atom. The van der Waals surface area contributed by atoms with Crippen molar-refractivity contribution in [3.8, 4) is 0 Å². The van der Waals surface area contributed by atoms with E-state index in [1.54, 1.807) is 0 Å². The van der Waals surface area contributed by atoms with Crippen LogP contribution < -0.4 is 21.6 Å². The van der Waals surface area contributed by atoms with Crippen LogP contribution in [0.15, 0.2) is 33.9 Å². The van der Waals surface area contributed by atoms with Gasteiger partial charge in [-0.2, -0.15) is 4.98 Å². The molecule has 2 N–H and O–H groups in total. The predicted molar refractivity (Wildman–Crippen MR) is 116 cm³/mol. The van der Waals surface area contributed by atoms with E-state index in [9.17, 15) is 9.59 Å². The number of anilines is 2. The second-order valence-corrected chi connectivity index (χ2v) is 8.14. The third-order valence-electron chi connectivity index (χ3n) is 6.01. The molecule has 4 rings (SSSR count). The van der Waals surface area contributed by atoms with E-state index in [1.807, 2.05) is 19.1 Å². The number of hydrogen-bond acceptors (Lipinski definition) is 7. The maximum absolute atomic E-state index is 12.5. The Labute approximate surface area is 175 Å². The van der Waals surface area contributed by atoms with Gasteiger partial charge < -0.3 is 19.9 Å².